The Morgan fingerprint density at radius 1 is 0.765 bits per heavy atom. The number of benzene rings is 4. The van der Waals surface area contributed by atoms with Gasteiger partial charge in [0.05, 0.1) is 5.52 Å². The molecule has 0 saturated heterocycles. The highest BCUT2D eigenvalue weighted by Crippen LogP contribution is 2.31. The van der Waals surface area contributed by atoms with E-state index in [-0.39, 0.29) is 5.78 Å². The van der Waals surface area contributed by atoms with Gasteiger partial charge in [-0.05, 0) is 35.3 Å². The molecule has 0 aliphatic carbocycles. The van der Waals surface area contributed by atoms with E-state index in [1.165, 1.54) is 0 Å². The highest BCUT2D eigenvalue weighted by atomic mass is 28.4. The molecule has 1 aromatic heterocycles. The van der Waals surface area contributed by atoms with Crippen LogP contribution in [0.15, 0.2) is 115 Å². The Bertz CT molecular complexity index is 1370. The zero-order valence-electron chi connectivity index (χ0n) is 19.4. The van der Waals surface area contributed by atoms with E-state index < -0.39 is 14.4 Å². The highest BCUT2D eigenvalue weighted by molar-refractivity contribution is 6.96. The molecular weight excluding hydrogens is 434 g/mol. The van der Waals surface area contributed by atoms with Gasteiger partial charge in [-0.25, -0.2) is 0 Å². The second-order valence-electron chi connectivity index (χ2n) is 8.78. The summed E-state index contributed by atoms with van der Waals surface area (Å²) >= 11 is 0. The third kappa shape index (κ3) is 4.14. The van der Waals surface area contributed by atoms with Gasteiger partial charge in [0.1, 0.15) is 6.10 Å². The number of ketones is 1. The van der Waals surface area contributed by atoms with Gasteiger partial charge in [-0.1, -0.05) is 109 Å². The summed E-state index contributed by atoms with van der Waals surface area (Å²) in [5.74, 6) is -0.0345. The quantitative estimate of drug-likeness (QED) is 0.246. The van der Waals surface area contributed by atoms with Crippen molar-refractivity contribution in [1.82, 2.24) is 4.98 Å². The van der Waals surface area contributed by atoms with Crippen LogP contribution in [-0.4, -0.2) is 19.1 Å². The van der Waals surface area contributed by atoms with Crippen LogP contribution in [0, 0.1) is 6.92 Å². The third-order valence-corrected chi connectivity index (χ3v) is 10.1. The maximum Gasteiger partial charge on any atom is 0.254 e. The van der Waals surface area contributed by atoms with Crippen LogP contribution < -0.4 is 10.4 Å². The number of Topliss-reactive ketones (excluding diaryl/α,β-unsaturated/α-hetero) is 1. The van der Waals surface area contributed by atoms with Crippen LogP contribution in [0.3, 0.4) is 0 Å². The fourth-order valence-corrected chi connectivity index (χ4v) is 7.47. The fraction of sp³-hybridized carbons (Fsp3) is 0.100. The minimum atomic E-state index is -2.76. The second-order valence-corrected chi connectivity index (χ2v) is 12.2. The molecule has 168 valence electrons. The van der Waals surface area contributed by atoms with E-state index in [1.54, 1.807) is 0 Å². The van der Waals surface area contributed by atoms with Gasteiger partial charge in [0, 0.05) is 17.3 Å². The lowest BCUT2D eigenvalue weighted by Crippen LogP contribution is -2.59. The van der Waals surface area contributed by atoms with Crippen LogP contribution in [0.25, 0.3) is 10.9 Å². The van der Waals surface area contributed by atoms with Crippen molar-refractivity contribution < 1.29 is 9.22 Å². The van der Waals surface area contributed by atoms with E-state index >= 15 is 0 Å². The summed E-state index contributed by atoms with van der Waals surface area (Å²) < 4.78 is 7.09. The summed E-state index contributed by atoms with van der Waals surface area (Å²) in [7, 11) is -2.76. The van der Waals surface area contributed by atoms with Crippen LogP contribution >= 0.6 is 0 Å². The molecule has 0 fully saturated rings. The number of fused-ring (bicyclic) bond motifs is 1. The SMILES string of the molecule is Cc1ccc(C(=O)[C@@H](O[Si](C)(c2ccccc2)c2ccccc2)c2cccc3cc[nH]c23)cc1. The molecule has 0 aliphatic rings. The van der Waals surface area contributed by atoms with Crippen LogP contribution in [0.1, 0.15) is 27.6 Å². The normalized spacial score (nSPS) is 12.5. The molecule has 0 amide bonds. The maximum absolute atomic E-state index is 14.0. The molecule has 0 bridgehead atoms. The number of hydrogen-bond donors (Lipinski definition) is 1. The number of aromatic nitrogens is 1. The Balaban J connectivity index is 1.68. The van der Waals surface area contributed by atoms with E-state index in [0.29, 0.717) is 5.56 Å². The number of nitrogens with one attached hydrogen (secondary N) is 1. The Morgan fingerprint density at radius 2 is 1.38 bits per heavy atom. The number of H-pyrrole nitrogens is 1. The summed E-state index contributed by atoms with van der Waals surface area (Å²) in [4.78, 5) is 17.4. The lowest BCUT2D eigenvalue weighted by molar-refractivity contribution is 0.0788. The van der Waals surface area contributed by atoms with Gasteiger partial charge in [0.25, 0.3) is 8.32 Å². The number of aryl methyl sites for hydroxylation is 1. The average molecular weight is 462 g/mol. The van der Waals surface area contributed by atoms with E-state index in [0.717, 1.165) is 32.4 Å². The first-order valence-electron chi connectivity index (χ1n) is 11.5. The molecule has 1 heterocycles. The number of hydrogen-bond acceptors (Lipinski definition) is 2. The molecule has 1 N–H and O–H groups in total. The molecule has 4 heteroatoms. The number of carbonyl (C=O) groups excluding carboxylic acids is 1. The largest absolute Gasteiger partial charge is 0.394 e. The van der Waals surface area contributed by atoms with E-state index in [4.69, 9.17) is 4.43 Å². The van der Waals surface area contributed by atoms with Crippen molar-refractivity contribution in [2.45, 2.75) is 19.6 Å². The molecule has 1 atom stereocenters. The van der Waals surface area contributed by atoms with Crippen molar-refractivity contribution in [3.8, 4) is 0 Å². The minimum absolute atomic E-state index is 0.0345. The topological polar surface area (TPSA) is 42.1 Å². The number of carbonyl (C=O) groups is 1. The number of rotatable bonds is 7. The summed E-state index contributed by atoms with van der Waals surface area (Å²) in [6.45, 7) is 4.21. The van der Waals surface area contributed by atoms with Gasteiger partial charge >= 0.3 is 0 Å². The molecule has 0 unspecified atom stereocenters. The second kappa shape index (κ2) is 9.25. The van der Waals surface area contributed by atoms with Gasteiger partial charge < -0.3 is 9.41 Å². The summed E-state index contributed by atoms with van der Waals surface area (Å²) in [5.41, 5.74) is 3.56. The summed E-state index contributed by atoms with van der Waals surface area (Å²) in [6.07, 6.45) is 1.16. The summed E-state index contributed by atoms with van der Waals surface area (Å²) in [6, 6.07) is 36.4. The Labute approximate surface area is 201 Å². The van der Waals surface area contributed by atoms with Crippen molar-refractivity contribution >= 4 is 35.4 Å². The van der Waals surface area contributed by atoms with Gasteiger partial charge in [0.2, 0.25) is 0 Å². The predicted octanol–water partition coefficient (Wildman–Crippen LogP) is 5.81. The molecular formula is C30H27NO2Si. The van der Waals surface area contributed by atoms with Crippen LogP contribution in [0.4, 0.5) is 0 Å². The Kier molecular flexibility index (Phi) is 6.01. The van der Waals surface area contributed by atoms with E-state index in [1.807, 2.05) is 98.0 Å². The van der Waals surface area contributed by atoms with Crippen molar-refractivity contribution in [3.05, 3.63) is 132 Å². The van der Waals surface area contributed by atoms with Gasteiger partial charge in [0.15, 0.2) is 5.78 Å². The molecule has 0 aliphatic heterocycles. The molecule has 4 aromatic carbocycles. The molecule has 5 rings (SSSR count). The fourth-order valence-electron chi connectivity index (χ4n) is 4.51. The number of aromatic amines is 1. The van der Waals surface area contributed by atoms with Crippen LogP contribution in [-0.2, 0) is 4.43 Å². The zero-order valence-corrected chi connectivity index (χ0v) is 20.4. The van der Waals surface area contributed by atoms with Crippen molar-refractivity contribution in [2.75, 3.05) is 0 Å². The zero-order chi connectivity index (χ0) is 23.5. The highest BCUT2D eigenvalue weighted by Gasteiger charge is 2.40. The molecule has 0 spiro atoms. The van der Waals surface area contributed by atoms with Crippen molar-refractivity contribution in [1.29, 1.82) is 0 Å². The molecule has 5 aromatic rings. The van der Waals surface area contributed by atoms with Gasteiger partial charge in [-0.2, -0.15) is 0 Å². The summed E-state index contributed by atoms with van der Waals surface area (Å²) in [5, 5.41) is 3.31. The molecule has 34 heavy (non-hydrogen) atoms. The number of para-hydroxylation sites is 1. The van der Waals surface area contributed by atoms with Gasteiger partial charge in [-0.3, -0.25) is 4.79 Å². The van der Waals surface area contributed by atoms with Crippen molar-refractivity contribution in [2.24, 2.45) is 0 Å². The molecule has 3 nitrogen and oxygen atoms in total. The lowest BCUT2D eigenvalue weighted by Gasteiger charge is -2.33. The average Bonchev–Trinajstić information content (AvgIpc) is 3.38. The minimum Gasteiger partial charge on any atom is -0.394 e. The maximum atomic E-state index is 14.0. The van der Waals surface area contributed by atoms with Crippen molar-refractivity contribution in [3.63, 3.8) is 0 Å². The third-order valence-electron chi connectivity index (χ3n) is 6.48. The smallest absolute Gasteiger partial charge is 0.254 e. The Hall–Kier alpha value is -3.73. The monoisotopic (exact) mass is 461 g/mol. The first-order chi connectivity index (χ1) is 16.6. The van der Waals surface area contributed by atoms with Crippen LogP contribution in [0.2, 0.25) is 6.55 Å². The van der Waals surface area contributed by atoms with Crippen LogP contribution in [0.5, 0.6) is 0 Å². The first kappa shape index (κ1) is 22.1. The first-order valence-corrected chi connectivity index (χ1v) is 13.9. The standard InChI is InChI=1S/C30H27NO2Si/c1-22-16-18-24(19-17-22)29(32)30(27-15-9-10-23-20-21-31-28(23)27)33-34(2,25-11-5-3-6-12-25)26-13-7-4-8-14-26/h3-21,30-31H,1-2H3/t30-/m0/s1. The predicted molar refractivity (Wildman–Crippen MR) is 141 cm³/mol. The van der Waals surface area contributed by atoms with Gasteiger partial charge in [-0.15, -0.1) is 0 Å². The molecule has 0 saturated carbocycles. The van der Waals surface area contributed by atoms with E-state index in [2.05, 4.69) is 35.8 Å². The lowest BCUT2D eigenvalue weighted by atomic mass is 9.98. The Morgan fingerprint density at radius 3 is 2.00 bits per heavy atom. The van der Waals surface area contributed by atoms with E-state index in [9.17, 15) is 4.79 Å². The molecule has 0 radical (unpaired) electrons.